The van der Waals surface area contributed by atoms with Gasteiger partial charge in [-0.15, -0.1) is 11.8 Å². The molecule has 0 saturated heterocycles. The quantitative estimate of drug-likeness (QED) is 0.762. The molecule has 0 aliphatic carbocycles. The number of thioether (sulfide) groups is 1. The molecule has 0 radical (unpaired) electrons. The second-order valence-electron chi connectivity index (χ2n) is 3.32. The van der Waals surface area contributed by atoms with E-state index in [-0.39, 0.29) is 18.2 Å². The first-order chi connectivity index (χ1) is 7.94. The minimum Gasteiger partial charge on any atom is -0.351 e. The van der Waals surface area contributed by atoms with E-state index in [0.717, 1.165) is 4.90 Å². The summed E-state index contributed by atoms with van der Waals surface area (Å²) in [5, 5.41) is 7.35. The van der Waals surface area contributed by atoms with Crippen LogP contribution in [0, 0.1) is 0 Å². The van der Waals surface area contributed by atoms with Gasteiger partial charge >= 0.3 is 0 Å². The van der Waals surface area contributed by atoms with Crippen LogP contribution in [0.1, 0.15) is 10.4 Å². The van der Waals surface area contributed by atoms with Gasteiger partial charge in [-0.05, 0) is 18.4 Å². The highest BCUT2D eigenvalue weighted by atomic mass is 32.2. The Morgan fingerprint density at radius 1 is 1.41 bits per heavy atom. The van der Waals surface area contributed by atoms with Crippen molar-refractivity contribution in [2.75, 3.05) is 18.6 Å². The minimum absolute atomic E-state index is 0.0143. The fraction of sp³-hybridized carbons (Fsp3) is 0.300. The topological polar surface area (TPSA) is 89.3 Å². The molecule has 0 bridgehead atoms. The summed E-state index contributed by atoms with van der Waals surface area (Å²) < 4.78 is 21.4. The molecule has 0 unspecified atom stereocenters. The van der Waals surface area contributed by atoms with Crippen LogP contribution in [0.25, 0.3) is 0 Å². The maximum absolute atomic E-state index is 11.8. The molecule has 0 fully saturated rings. The van der Waals surface area contributed by atoms with Crippen molar-refractivity contribution < 1.29 is 13.2 Å². The lowest BCUT2D eigenvalue weighted by molar-refractivity contribution is 0.0953. The van der Waals surface area contributed by atoms with Crippen LogP contribution in [0.3, 0.4) is 0 Å². The summed E-state index contributed by atoms with van der Waals surface area (Å²) in [7, 11) is -3.54. The molecule has 17 heavy (non-hydrogen) atoms. The maximum Gasteiger partial charge on any atom is 0.252 e. The fourth-order valence-corrected chi connectivity index (χ4v) is 2.22. The van der Waals surface area contributed by atoms with Gasteiger partial charge in [0.2, 0.25) is 10.0 Å². The Labute approximate surface area is 105 Å². The van der Waals surface area contributed by atoms with Crippen LogP contribution >= 0.6 is 11.8 Å². The van der Waals surface area contributed by atoms with Crippen LogP contribution in [0.5, 0.6) is 0 Å². The summed E-state index contributed by atoms with van der Waals surface area (Å²) in [5.41, 5.74) is 0.536. The molecule has 3 N–H and O–H groups in total. The van der Waals surface area contributed by atoms with Crippen LogP contribution in [0.2, 0.25) is 0 Å². The fourth-order valence-electron chi connectivity index (χ4n) is 1.23. The average molecular weight is 274 g/mol. The number of primary sulfonamides is 1. The molecule has 0 spiro atoms. The molecule has 0 aromatic heterocycles. The van der Waals surface area contributed by atoms with Crippen molar-refractivity contribution in [3.8, 4) is 0 Å². The molecule has 0 atom stereocenters. The Balaban J connectivity index is 2.64. The molecule has 1 aromatic rings. The van der Waals surface area contributed by atoms with Gasteiger partial charge in [0, 0.05) is 11.4 Å². The number of amides is 1. The molecule has 1 rings (SSSR count). The number of nitrogens with two attached hydrogens (primary N) is 1. The zero-order chi connectivity index (χ0) is 12.9. The summed E-state index contributed by atoms with van der Waals surface area (Å²) in [6, 6.07) is 7.12. The van der Waals surface area contributed by atoms with E-state index >= 15 is 0 Å². The van der Waals surface area contributed by atoms with Crippen LogP contribution in [0.15, 0.2) is 29.2 Å². The zero-order valence-electron chi connectivity index (χ0n) is 9.34. The molecular formula is C10H14N2O3S2. The van der Waals surface area contributed by atoms with Crippen molar-refractivity contribution in [2.45, 2.75) is 4.90 Å². The van der Waals surface area contributed by atoms with Gasteiger partial charge in [0.05, 0.1) is 11.3 Å². The molecule has 5 nitrogen and oxygen atoms in total. The summed E-state index contributed by atoms with van der Waals surface area (Å²) in [5.74, 6) is -0.557. The third-order valence-corrected chi connectivity index (χ3v) is 3.59. The van der Waals surface area contributed by atoms with Crippen molar-refractivity contribution in [3.05, 3.63) is 29.8 Å². The summed E-state index contributed by atoms with van der Waals surface area (Å²) in [6.07, 6.45) is 1.87. The lowest BCUT2D eigenvalue weighted by atomic mass is 10.2. The van der Waals surface area contributed by atoms with E-state index in [1.165, 1.54) is 11.8 Å². The number of carbonyl (C=O) groups is 1. The molecule has 0 aliphatic heterocycles. The lowest BCUT2D eigenvalue weighted by Crippen LogP contribution is -2.31. The zero-order valence-corrected chi connectivity index (χ0v) is 11.0. The highest BCUT2D eigenvalue weighted by Gasteiger charge is 2.10. The van der Waals surface area contributed by atoms with E-state index < -0.39 is 10.0 Å². The highest BCUT2D eigenvalue weighted by Crippen LogP contribution is 2.19. The largest absolute Gasteiger partial charge is 0.351 e. The van der Waals surface area contributed by atoms with E-state index in [2.05, 4.69) is 5.32 Å². The van der Waals surface area contributed by atoms with Crippen LogP contribution < -0.4 is 10.5 Å². The van der Waals surface area contributed by atoms with Crippen LogP contribution in [-0.2, 0) is 10.0 Å². The Morgan fingerprint density at radius 3 is 2.65 bits per heavy atom. The molecule has 0 saturated carbocycles. The molecular weight excluding hydrogens is 260 g/mol. The average Bonchev–Trinajstić information content (AvgIpc) is 2.27. The minimum atomic E-state index is -3.54. The summed E-state index contributed by atoms with van der Waals surface area (Å²) in [4.78, 5) is 12.6. The molecule has 1 aromatic carbocycles. The normalized spacial score (nSPS) is 11.2. The first kappa shape index (κ1) is 14.0. The van der Waals surface area contributed by atoms with Gasteiger partial charge in [0.1, 0.15) is 0 Å². The predicted molar refractivity (Wildman–Crippen MR) is 68.5 cm³/mol. The maximum atomic E-state index is 11.8. The number of carbonyl (C=O) groups excluding carboxylic acids is 1. The SMILES string of the molecule is CSc1ccccc1C(=O)NCCS(N)(=O)=O. The summed E-state index contributed by atoms with van der Waals surface area (Å²) >= 11 is 1.46. The third kappa shape index (κ3) is 4.76. The standard InChI is InChI=1S/C10H14N2O3S2/c1-16-9-5-3-2-4-8(9)10(13)12-6-7-17(11,14)15/h2-5H,6-7H2,1H3,(H,12,13)(H2,11,14,15). The number of nitrogens with one attached hydrogen (secondary N) is 1. The Hall–Kier alpha value is -1.05. The van der Waals surface area contributed by atoms with Crippen molar-refractivity contribution in [1.82, 2.24) is 5.32 Å². The van der Waals surface area contributed by atoms with Gasteiger partial charge in [0.25, 0.3) is 5.91 Å². The molecule has 0 heterocycles. The number of benzene rings is 1. The van der Waals surface area contributed by atoms with Gasteiger partial charge in [-0.1, -0.05) is 12.1 Å². The van der Waals surface area contributed by atoms with Gasteiger partial charge in [-0.25, -0.2) is 13.6 Å². The Morgan fingerprint density at radius 2 is 2.06 bits per heavy atom. The van der Waals surface area contributed by atoms with Gasteiger partial charge < -0.3 is 5.32 Å². The van der Waals surface area contributed by atoms with Crippen molar-refractivity contribution in [3.63, 3.8) is 0 Å². The van der Waals surface area contributed by atoms with Gasteiger partial charge in [-0.3, -0.25) is 4.79 Å². The number of sulfonamides is 1. The highest BCUT2D eigenvalue weighted by molar-refractivity contribution is 7.98. The second kappa shape index (κ2) is 6.04. The smallest absolute Gasteiger partial charge is 0.252 e. The van der Waals surface area contributed by atoms with E-state index in [1.54, 1.807) is 12.1 Å². The first-order valence-corrected chi connectivity index (χ1v) is 7.80. The second-order valence-corrected chi connectivity index (χ2v) is 5.91. The van der Waals surface area contributed by atoms with Crippen molar-refractivity contribution >= 4 is 27.7 Å². The monoisotopic (exact) mass is 274 g/mol. The van der Waals surface area contributed by atoms with Crippen molar-refractivity contribution in [2.24, 2.45) is 5.14 Å². The molecule has 1 amide bonds. The molecule has 7 heteroatoms. The van der Waals surface area contributed by atoms with E-state index in [0.29, 0.717) is 5.56 Å². The third-order valence-electron chi connectivity index (χ3n) is 2.02. The first-order valence-electron chi connectivity index (χ1n) is 4.86. The number of hydrogen-bond acceptors (Lipinski definition) is 4. The van der Waals surface area contributed by atoms with Crippen LogP contribution in [-0.4, -0.2) is 32.9 Å². The Bertz CT molecular complexity index is 500. The lowest BCUT2D eigenvalue weighted by Gasteiger charge is -2.07. The molecule has 0 aliphatic rings. The van der Waals surface area contributed by atoms with Gasteiger partial charge in [0.15, 0.2) is 0 Å². The predicted octanol–water partition coefficient (Wildman–Crippen LogP) is 0.427. The van der Waals surface area contributed by atoms with E-state index in [9.17, 15) is 13.2 Å². The number of hydrogen-bond donors (Lipinski definition) is 2. The Kier molecular flexibility index (Phi) is 4.98. The number of rotatable bonds is 5. The van der Waals surface area contributed by atoms with E-state index in [1.807, 2.05) is 18.4 Å². The van der Waals surface area contributed by atoms with Crippen LogP contribution in [0.4, 0.5) is 0 Å². The van der Waals surface area contributed by atoms with Gasteiger partial charge in [-0.2, -0.15) is 0 Å². The van der Waals surface area contributed by atoms with E-state index in [4.69, 9.17) is 5.14 Å². The molecule has 94 valence electrons. The summed E-state index contributed by atoms with van der Waals surface area (Å²) in [6.45, 7) is 0.0143. The van der Waals surface area contributed by atoms with Crippen molar-refractivity contribution in [1.29, 1.82) is 0 Å².